The van der Waals surface area contributed by atoms with Gasteiger partial charge in [-0.25, -0.2) is 4.98 Å². The zero-order valence-electron chi connectivity index (χ0n) is 10.8. The maximum atomic E-state index is 5.76. The first-order chi connectivity index (χ1) is 8.72. The highest BCUT2D eigenvalue weighted by Gasteiger charge is 2.24. The molecule has 0 radical (unpaired) electrons. The van der Waals surface area contributed by atoms with Crippen LogP contribution in [0.4, 0.5) is 0 Å². The van der Waals surface area contributed by atoms with Crippen LogP contribution in [0.5, 0.6) is 0 Å². The standard InChI is InChI=1S/C14H18N2O2/c1-10-9-17-11(2)7-16(10)8-14-15-12-5-3-4-6-13(12)18-14/h3-6,10-11H,7-9H2,1-2H3. The third kappa shape index (κ3) is 2.26. The van der Waals surface area contributed by atoms with Crippen molar-refractivity contribution >= 4 is 11.1 Å². The van der Waals surface area contributed by atoms with Gasteiger partial charge in [-0.15, -0.1) is 0 Å². The fraction of sp³-hybridized carbons (Fsp3) is 0.500. The van der Waals surface area contributed by atoms with Gasteiger partial charge in [0.15, 0.2) is 5.58 Å². The smallest absolute Gasteiger partial charge is 0.209 e. The number of hydrogen-bond donors (Lipinski definition) is 0. The van der Waals surface area contributed by atoms with Gasteiger partial charge in [0.1, 0.15) is 5.52 Å². The van der Waals surface area contributed by atoms with E-state index >= 15 is 0 Å². The Kier molecular flexibility index (Phi) is 3.06. The van der Waals surface area contributed by atoms with Crippen molar-refractivity contribution in [2.75, 3.05) is 13.2 Å². The van der Waals surface area contributed by atoms with Crippen molar-refractivity contribution < 1.29 is 9.15 Å². The third-order valence-corrected chi connectivity index (χ3v) is 3.41. The molecule has 0 bridgehead atoms. The van der Waals surface area contributed by atoms with Gasteiger partial charge in [0.25, 0.3) is 0 Å². The summed E-state index contributed by atoms with van der Waals surface area (Å²) in [6.45, 7) is 6.74. The number of rotatable bonds is 2. The van der Waals surface area contributed by atoms with E-state index in [1.807, 2.05) is 24.3 Å². The van der Waals surface area contributed by atoms with Gasteiger partial charge in [-0.2, -0.15) is 0 Å². The Hall–Kier alpha value is -1.39. The lowest BCUT2D eigenvalue weighted by Crippen LogP contribution is -2.46. The topological polar surface area (TPSA) is 38.5 Å². The number of aromatic nitrogens is 1. The number of nitrogens with zero attached hydrogens (tertiary/aromatic N) is 2. The van der Waals surface area contributed by atoms with Gasteiger partial charge in [0.05, 0.1) is 19.3 Å². The quantitative estimate of drug-likeness (QED) is 0.815. The summed E-state index contributed by atoms with van der Waals surface area (Å²) in [4.78, 5) is 6.88. The molecule has 0 spiro atoms. The molecule has 0 N–H and O–H groups in total. The van der Waals surface area contributed by atoms with E-state index in [2.05, 4.69) is 23.7 Å². The number of ether oxygens (including phenoxy) is 1. The van der Waals surface area contributed by atoms with E-state index in [1.165, 1.54) is 0 Å². The molecule has 2 aromatic rings. The highest BCUT2D eigenvalue weighted by molar-refractivity contribution is 5.72. The van der Waals surface area contributed by atoms with Gasteiger partial charge in [-0.05, 0) is 26.0 Å². The van der Waals surface area contributed by atoms with E-state index in [4.69, 9.17) is 9.15 Å². The van der Waals surface area contributed by atoms with Crippen LogP contribution in [0.3, 0.4) is 0 Å². The number of hydrogen-bond acceptors (Lipinski definition) is 4. The summed E-state index contributed by atoms with van der Waals surface area (Å²) in [5, 5.41) is 0. The first-order valence-electron chi connectivity index (χ1n) is 6.42. The van der Waals surface area contributed by atoms with Crippen LogP contribution in [0.25, 0.3) is 11.1 Å². The summed E-state index contributed by atoms with van der Waals surface area (Å²) in [6, 6.07) is 8.30. The van der Waals surface area contributed by atoms with Crippen LogP contribution < -0.4 is 0 Å². The molecule has 1 aliphatic rings. The van der Waals surface area contributed by atoms with Gasteiger partial charge < -0.3 is 9.15 Å². The van der Waals surface area contributed by atoms with Crippen molar-refractivity contribution in [3.05, 3.63) is 30.2 Å². The second-order valence-corrected chi connectivity index (χ2v) is 5.00. The molecular weight excluding hydrogens is 228 g/mol. The highest BCUT2D eigenvalue weighted by Crippen LogP contribution is 2.19. The predicted molar refractivity (Wildman–Crippen MR) is 69.3 cm³/mol. The Morgan fingerprint density at radius 3 is 3.00 bits per heavy atom. The van der Waals surface area contributed by atoms with E-state index in [0.717, 1.165) is 36.7 Å². The van der Waals surface area contributed by atoms with Crippen molar-refractivity contribution in [2.45, 2.75) is 32.5 Å². The second kappa shape index (κ2) is 4.71. The number of oxazole rings is 1. The molecule has 2 unspecified atom stereocenters. The fourth-order valence-electron chi connectivity index (χ4n) is 2.35. The molecule has 0 saturated carbocycles. The van der Waals surface area contributed by atoms with Crippen LogP contribution in [0.15, 0.2) is 28.7 Å². The monoisotopic (exact) mass is 246 g/mol. The normalized spacial score (nSPS) is 25.7. The van der Waals surface area contributed by atoms with Gasteiger partial charge in [0.2, 0.25) is 5.89 Å². The van der Waals surface area contributed by atoms with E-state index in [-0.39, 0.29) is 6.10 Å². The molecule has 3 rings (SSSR count). The minimum atomic E-state index is 0.283. The average Bonchev–Trinajstić information content (AvgIpc) is 2.76. The molecule has 1 aromatic heterocycles. The maximum absolute atomic E-state index is 5.76. The predicted octanol–water partition coefficient (Wildman–Crippen LogP) is 2.44. The molecule has 4 heteroatoms. The maximum Gasteiger partial charge on any atom is 0.209 e. The van der Waals surface area contributed by atoms with Crippen molar-refractivity contribution in [1.82, 2.24) is 9.88 Å². The highest BCUT2D eigenvalue weighted by atomic mass is 16.5. The number of benzene rings is 1. The van der Waals surface area contributed by atoms with E-state index in [1.54, 1.807) is 0 Å². The lowest BCUT2D eigenvalue weighted by atomic mass is 10.2. The van der Waals surface area contributed by atoms with Crippen LogP contribution in [0, 0.1) is 0 Å². The fourth-order valence-corrected chi connectivity index (χ4v) is 2.35. The molecule has 1 aliphatic heterocycles. The molecule has 0 aliphatic carbocycles. The first-order valence-corrected chi connectivity index (χ1v) is 6.42. The van der Waals surface area contributed by atoms with E-state index in [0.29, 0.717) is 6.04 Å². The molecule has 4 nitrogen and oxygen atoms in total. The molecule has 1 saturated heterocycles. The number of para-hydroxylation sites is 2. The van der Waals surface area contributed by atoms with Gasteiger partial charge in [-0.3, -0.25) is 4.90 Å². The van der Waals surface area contributed by atoms with Crippen LogP contribution in [0.2, 0.25) is 0 Å². The summed E-state index contributed by atoms with van der Waals surface area (Å²) in [5.41, 5.74) is 1.79. The average molecular weight is 246 g/mol. The van der Waals surface area contributed by atoms with Crippen molar-refractivity contribution in [3.63, 3.8) is 0 Å². The molecule has 18 heavy (non-hydrogen) atoms. The summed E-state index contributed by atoms with van der Waals surface area (Å²) >= 11 is 0. The van der Waals surface area contributed by atoms with E-state index < -0.39 is 0 Å². The van der Waals surface area contributed by atoms with Gasteiger partial charge in [0, 0.05) is 12.6 Å². The third-order valence-electron chi connectivity index (χ3n) is 3.41. The van der Waals surface area contributed by atoms with Crippen molar-refractivity contribution in [3.8, 4) is 0 Å². The van der Waals surface area contributed by atoms with Crippen LogP contribution in [-0.2, 0) is 11.3 Å². The molecule has 1 aromatic carbocycles. The summed E-state index contributed by atoms with van der Waals surface area (Å²) in [5.74, 6) is 0.789. The summed E-state index contributed by atoms with van der Waals surface area (Å²) in [6.07, 6.45) is 0.283. The molecule has 2 atom stereocenters. The summed E-state index contributed by atoms with van der Waals surface area (Å²) in [7, 11) is 0. The SMILES string of the molecule is CC1CN(Cc2nc3ccccc3o2)C(C)CO1. The lowest BCUT2D eigenvalue weighted by molar-refractivity contribution is -0.0549. The second-order valence-electron chi connectivity index (χ2n) is 5.00. The Bertz CT molecular complexity index is 504. The largest absolute Gasteiger partial charge is 0.439 e. The van der Waals surface area contributed by atoms with Crippen LogP contribution in [0.1, 0.15) is 19.7 Å². The molecular formula is C14H18N2O2. The Morgan fingerprint density at radius 2 is 2.17 bits per heavy atom. The minimum Gasteiger partial charge on any atom is -0.439 e. The number of fused-ring (bicyclic) bond motifs is 1. The zero-order valence-corrected chi connectivity index (χ0v) is 10.8. The number of morpholine rings is 1. The van der Waals surface area contributed by atoms with E-state index in [9.17, 15) is 0 Å². The Labute approximate surface area is 107 Å². The lowest BCUT2D eigenvalue weighted by Gasteiger charge is -2.35. The summed E-state index contributed by atoms with van der Waals surface area (Å²) < 4.78 is 11.4. The van der Waals surface area contributed by atoms with Crippen molar-refractivity contribution in [1.29, 1.82) is 0 Å². The molecule has 1 fully saturated rings. The van der Waals surface area contributed by atoms with Crippen LogP contribution >= 0.6 is 0 Å². The Balaban J connectivity index is 1.78. The molecule has 96 valence electrons. The molecule has 2 heterocycles. The van der Waals surface area contributed by atoms with Gasteiger partial charge in [-0.1, -0.05) is 12.1 Å². The first kappa shape index (κ1) is 11.7. The zero-order chi connectivity index (χ0) is 12.5. The molecule has 0 amide bonds. The Morgan fingerprint density at radius 1 is 1.33 bits per heavy atom. The minimum absolute atomic E-state index is 0.283. The van der Waals surface area contributed by atoms with Crippen LogP contribution in [-0.4, -0.2) is 35.2 Å². The van der Waals surface area contributed by atoms with Crippen molar-refractivity contribution in [2.24, 2.45) is 0 Å². The van der Waals surface area contributed by atoms with Gasteiger partial charge >= 0.3 is 0 Å².